The van der Waals surface area contributed by atoms with E-state index in [1.807, 2.05) is 13.8 Å². The Labute approximate surface area is 140 Å². The molecule has 4 nitrogen and oxygen atoms in total. The average Bonchev–Trinajstić information content (AvgIpc) is 2.33. The van der Waals surface area contributed by atoms with Crippen molar-refractivity contribution >= 4 is 30.5 Å². The van der Waals surface area contributed by atoms with Gasteiger partial charge >= 0.3 is 0 Å². The summed E-state index contributed by atoms with van der Waals surface area (Å²) in [6, 6.07) is 4.20. The molecule has 1 saturated heterocycles. The van der Waals surface area contributed by atoms with E-state index < -0.39 is 0 Å². The van der Waals surface area contributed by atoms with Gasteiger partial charge in [-0.2, -0.15) is 0 Å². The molecule has 0 atom stereocenters. The molecule has 0 saturated carbocycles. The molecule has 0 spiro atoms. The molecular formula is C15H28Cl2N2O2. The van der Waals surface area contributed by atoms with Gasteiger partial charge in [-0.25, -0.2) is 0 Å². The van der Waals surface area contributed by atoms with Crippen molar-refractivity contribution in [3.8, 4) is 5.75 Å². The highest BCUT2D eigenvalue weighted by atomic mass is 35.5. The van der Waals surface area contributed by atoms with Crippen LogP contribution in [0.3, 0.4) is 0 Å². The summed E-state index contributed by atoms with van der Waals surface area (Å²) in [7, 11) is 0. The average molecular weight is 339 g/mol. The number of halogens is 2. The second-order valence-electron chi connectivity index (χ2n) is 5.44. The summed E-state index contributed by atoms with van der Waals surface area (Å²) in [4.78, 5) is 0. The van der Waals surface area contributed by atoms with Crippen LogP contribution < -0.4 is 15.8 Å². The Balaban J connectivity index is 0. The molecule has 21 heavy (non-hydrogen) atoms. The molecule has 1 aliphatic heterocycles. The quantitative estimate of drug-likeness (QED) is 0.831. The maximum Gasteiger partial charge on any atom is 0.142 e. The summed E-state index contributed by atoms with van der Waals surface area (Å²) in [6.07, 6.45) is 2.56. The van der Waals surface area contributed by atoms with Crippen LogP contribution in [0.2, 0.25) is 0 Å². The summed E-state index contributed by atoms with van der Waals surface area (Å²) >= 11 is 0. The van der Waals surface area contributed by atoms with Gasteiger partial charge < -0.3 is 21.3 Å². The van der Waals surface area contributed by atoms with Gasteiger partial charge in [0.1, 0.15) is 5.75 Å². The number of ether oxygens (including phenoxy) is 1. The molecule has 1 aliphatic rings. The summed E-state index contributed by atoms with van der Waals surface area (Å²) < 4.78 is 5.79. The number of benzene rings is 1. The van der Waals surface area contributed by atoms with Gasteiger partial charge in [0.05, 0.1) is 11.8 Å². The van der Waals surface area contributed by atoms with Crippen molar-refractivity contribution in [2.45, 2.75) is 45.6 Å². The molecule has 0 unspecified atom stereocenters. The molecule has 6 heteroatoms. The van der Waals surface area contributed by atoms with Crippen LogP contribution in [0.1, 0.15) is 43.7 Å². The fourth-order valence-corrected chi connectivity index (χ4v) is 2.65. The summed E-state index contributed by atoms with van der Waals surface area (Å²) in [6.45, 7) is 8.42. The molecule has 1 aromatic carbocycles. The first kappa shape index (κ1) is 22.6. The molecule has 2 rings (SSSR count). The third kappa shape index (κ3) is 5.91. The monoisotopic (exact) mass is 338 g/mol. The van der Waals surface area contributed by atoms with E-state index in [0.29, 0.717) is 5.92 Å². The van der Waals surface area contributed by atoms with E-state index in [2.05, 4.69) is 24.4 Å². The fraction of sp³-hybridized carbons (Fsp3) is 0.600. The van der Waals surface area contributed by atoms with Crippen LogP contribution in [0.4, 0.5) is 5.69 Å². The number of nitrogens with two attached hydrogens (primary N) is 1. The van der Waals surface area contributed by atoms with Crippen LogP contribution in [0.15, 0.2) is 12.1 Å². The highest BCUT2D eigenvalue weighted by Gasteiger charge is 2.19. The fourth-order valence-electron chi connectivity index (χ4n) is 2.65. The van der Waals surface area contributed by atoms with Gasteiger partial charge in [0, 0.05) is 0 Å². The molecular weight excluding hydrogens is 311 g/mol. The minimum Gasteiger partial charge on any atom is -0.489 e. The first-order valence-corrected chi connectivity index (χ1v) is 6.85. The summed E-state index contributed by atoms with van der Waals surface area (Å²) in [5.74, 6) is 1.48. The Hall–Kier alpha value is -0.680. The van der Waals surface area contributed by atoms with E-state index in [1.54, 1.807) is 0 Å². The molecule has 1 heterocycles. The number of hydrogen-bond acceptors (Lipinski definition) is 3. The smallest absolute Gasteiger partial charge is 0.142 e. The maximum absolute atomic E-state index is 6.03. The Kier molecular flexibility index (Phi) is 10.9. The molecule has 0 bridgehead atoms. The lowest BCUT2D eigenvalue weighted by Crippen LogP contribution is -2.27. The van der Waals surface area contributed by atoms with E-state index >= 15 is 0 Å². The maximum atomic E-state index is 6.03. The molecule has 0 amide bonds. The van der Waals surface area contributed by atoms with E-state index in [-0.39, 0.29) is 36.4 Å². The predicted molar refractivity (Wildman–Crippen MR) is 94.3 cm³/mol. The van der Waals surface area contributed by atoms with Gasteiger partial charge in [0.25, 0.3) is 0 Å². The Morgan fingerprint density at radius 3 is 2.29 bits per heavy atom. The van der Waals surface area contributed by atoms with Crippen LogP contribution in [0.5, 0.6) is 5.75 Å². The SMILES string of the molecule is Cc1cc(N)c(OC(C)C)cc1C1CCNCC1.Cl.Cl.O. The van der Waals surface area contributed by atoms with E-state index in [9.17, 15) is 0 Å². The van der Waals surface area contributed by atoms with E-state index in [1.165, 1.54) is 24.0 Å². The zero-order valence-corrected chi connectivity index (χ0v) is 14.6. The first-order valence-electron chi connectivity index (χ1n) is 6.85. The Morgan fingerprint density at radius 1 is 1.19 bits per heavy atom. The molecule has 124 valence electrons. The summed E-state index contributed by atoms with van der Waals surface area (Å²) in [5, 5.41) is 3.41. The zero-order valence-electron chi connectivity index (χ0n) is 12.9. The largest absolute Gasteiger partial charge is 0.489 e. The van der Waals surface area contributed by atoms with Crippen LogP contribution in [-0.2, 0) is 0 Å². The third-order valence-corrected chi connectivity index (χ3v) is 3.54. The van der Waals surface area contributed by atoms with Crippen LogP contribution >= 0.6 is 24.8 Å². The Bertz CT molecular complexity index is 422. The highest BCUT2D eigenvalue weighted by molar-refractivity contribution is 5.85. The lowest BCUT2D eigenvalue weighted by atomic mass is 9.87. The van der Waals surface area contributed by atoms with Crippen molar-refractivity contribution in [1.82, 2.24) is 5.32 Å². The zero-order chi connectivity index (χ0) is 13.1. The number of anilines is 1. The first-order chi connectivity index (χ1) is 8.58. The van der Waals surface area contributed by atoms with Crippen LogP contribution in [0, 0.1) is 6.92 Å². The van der Waals surface area contributed by atoms with Gasteiger partial charge in [-0.1, -0.05) is 0 Å². The lowest BCUT2D eigenvalue weighted by Gasteiger charge is -2.25. The van der Waals surface area contributed by atoms with Crippen molar-refractivity contribution in [2.75, 3.05) is 18.8 Å². The number of aryl methyl sites for hydroxylation is 1. The van der Waals surface area contributed by atoms with Gasteiger partial charge in [-0.3, -0.25) is 0 Å². The van der Waals surface area contributed by atoms with Crippen molar-refractivity contribution < 1.29 is 10.2 Å². The molecule has 0 aromatic heterocycles. The number of nitrogen functional groups attached to an aromatic ring is 1. The third-order valence-electron chi connectivity index (χ3n) is 3.54. The van der Waals surface area contributed by atoms with Gasteiger partial charge in [0.15, 0.2) is 0 Å². The van der Waals surface area contributed by atoms with Crippen molar-refractivity contribution in [3.63, 3.8) is 0 Å². The summed E-state index contributed by atoms with van der Waals surface area (Å²) in [5.41, 5.74) is 9.47. The minimum absolute atomic E-state index is 0. The van der Waals surface area contributed by atoms with E-state index in [0.717, 1.165) is 24.5 Å². The van der Waals surface area contributed by atoms with Gasteiger partial charge in [-0.15, -0.1) is 24.8 Å². The number of nitrogens with one attached hydrogen (secondary N) is 1. The normalized spacial score (nSPS) is 14.7. The lowest BCUT2D eigenvalue weighted by molar-refractivity contribution is 0.243. The highest BCUT2D eigenvalue weighted by Crippen LogP contribution is 2.34. The molecule has 0 radical (unpaired) electrons. The van der Waals surface area contributed by atoms with Crippen LogP contribution in [0.25, 0.3) is 0 Å². The molecule has 5 N–H and O–H groups in total. The number of hydrogen-bond donors (Lipinski definition) is 2. The topological polar surface area (TPSA) is 78.8 Å². The second-order valence-corrected chi connectivity index (χ2v) is 5.44. The van der Waals surface area contributed by atoms with Gasteiger partial charge in [-0.05, 0) is 75.9 Å². The van der Waals surface area contributed by atoms with Crippen molar-refractivity contribution in [1.29, 1.82) is 0 Å². The number of rotatable bonds is 3. The second kappa shape index (κ2) is 10.1. The Morgan fingerprint density at radius 2 is 1.76 bits per heavy atom. The number of piperidine rings is 1. The van der Waals surface area contributed by atoms with Crippen molar-refractivity contribution in [2.24, 2.45) is 0 Å². The van der Waals surface area contributed by atoms with Gasteiger partial charge in [0.2, 0.25) is 0 Å². The molecule has 1 fully saturated rings. The van der Waals surface area contributed by atoms with E-state index in [4.69, 9.17) is 10.5 Å². The standard InChI is InChI=1S/C15H24N2O.2ClH.H2O/c1-10(2)18-15-9-13(11(3)8-14(15)16)12-4-6-17-7-5-12;;;/h8-10,12,17H,4-7,16H2,1-3H3;2*1H;1H2. The molecule has 0 aliphatic carbocycles. The van der Waals surface area contributed by atoms with Crippen LogP contribution in [-0.4, -0.2) is 24.7 Å². The van der Waals surface area contributed by atoms with Crippen molar-refractivity contribution in [3.05, 3.63) is 23.3 Å². The predicted octanol–water partition coefficient (Wildman–Crippen LogP) is 2.85. The molecule has 1 aromatic rings. The minimum atomic E-state index is 0.